The molecule has 1 aromatic carbocycles. The Morgan fingerprint density at radius 1 is 1.31 bits per heavy atom. The lowest BCUT2D eigenvalue weighted by Crippen LogP contribution is -2.01. The minimum Gasteiger partial charge on any atom is -0.371 e. The van der Waals surface area contributed by atoms with Crippen LogP contribution < -0.4 is 10.1 Å². The molecule has 0 unspecified atom stereocenters. The third kappa shape index (κ3) is 2.45. The number of aryl methyl sites for hydroxylation is 1. The van der Waals surface area contributed by atoms with Gasteiger partial charge in [0.25, 0.3) is 4.74 Å². The zero-order valence-electron chi connectivity index (χ0n) is 8.62. The average molecular weight is 272 g/mol. The standard InChI is InChI=1S/C11H10ClNOS2/c1-7-4-2-3-5-8(7)6-13-10-9(12)11(14)16-15-10/h2-5,13H,6H2,1H3. The molecule has 84 valence electrons. The molecule has 2 nitrogen and oxygen atoms in total. The molecule has 5 heteroatoms. The molecule has 16 heavy (non-hydrogen) atoms. The minimum absolute atomic E-state index is 0.0704. The predicted molar refractivity (Wildman–Crippen MR) is 72.0 cm³/mol. The maximum Gasteiger partial charge on any atom is 0.263 e. The van der Waals surface area contributed by atoms with E-state index in [1.807, 2.05) is 12.1 Å². The first-order chi connectivity index (χ1) is 7.68. The third-order valence-electron chi connectivity index (χ3n) is 2.28. The van der Waals surface area contributed by atoms with Gasteiger partial charge in [-0.25, -0.2) is 0 Å². The Morgan fingerprint density at radius 3 is 2.69 bits per heavy atom. The first kappa shape index (κ1) is 11.6. The zero-order valence-corrected chi connectivity index (χ0v) is 11.0. The van der Waals surface area contributed by atoms with Crippen molar-refractivity contribution in [3.63, 3.8) is 0 Å². The van der Waals surface area contributed by atoms with Crippen LogP contribution in [-0.2, 0) is 6.54 Å². The van der Waals surface area contributed by atoms with Crippen LogP contribution in [-0.4, -0.2) is 0 Å². The first-order valence-corrected chi connectivity index (χ1v) is 7.28. The molecular weight excluding hydrogens is 262 g/mol. The van der Waals surface area contributed by atoms with Crippen LogP contribution in [0.1, 0.15) is 11.1 Å². The summed E-state index contributed by atoms with van der Waals surface area (Å²) < 4.78 is -0.0704. The number of rotatable bonds is 3. The minimum atomic E-state index is -0.0704. The molecule has 0 amide bonds. The number of hydrogen-bond donors (Lipinski definition) is 1. The van der Waals surface area contributed by atoms with E-state index in [1.165, 1.54) is 21.5 Å². The molecule has 0 bridgehead atoms. The average Bonchev–Trinajstić information content (AvgIpc) is 2.59. The fourth-order valence-corrected chi connectivity index (χ4v) is 3.76. The topological polar surface area (TPSA) is 29.1 Å². The predicted octanol–water partition coefficient (Wildman–Crippen LogP) is 3.74. The summed E-state index contributed by atoms with van der Waals surface area (Å²) in [6.07, 6.45) is 0. The number of benzene rings is 1. The van der Waals surface area contributed by atoms with E-state index in [4.69, 9.17) is 11.6 Å². The second-order valence-electron chi connectivity index (χ2n) is 3.38. The molecule has 0 saturated heterocycles. The monoisotopic (exact) mass is 271 g/mol. The molecule has 1 heterocycles. The maximum absolute atomic E-state index is 11.2. The van der Waals surface area contributed by atoms with E-state index in [2.05, 4.69) is 24.4 Å². The molecule has 1 N–H and O–H groups in total. The van der Waals surface area contributed by atoms with E-state index in [0.717, 1.165) is 15.3 Å². The number of halogens is 1. The van der Waals surface area contributed by atoms with Crippen molar-refractivity contribution in [2.75, 3.05) is 5.32 Å². The lowest BCUT2D eigenvalue weighted by Gasteiger charge is -2.06. The summed E-state index contributed by atoms with van der Waals surface area (Å²) in [5.74, 6) is 0. The van der Waals surface area contributed by atoms with E-state index in [-0.39, 0.29) is 4.74 Å². The van der Waals surface area contributed by atoms with E-state index in [0.29, 0.717) is 11.6 Å². The highest BCUT2D eigenvalue weighted by molar-refractivity contribution is 7.70. The van der Waals surface area contributed by atoms with E-state index >= 15 is 0 Å². The highest BCUT2D eigenvalue weighted by Gasteiger charge is 2.07. The molecule has 1 aromatic heterocycles. The zero-order chi connectivity index (χ0) is 11.5. The molecule has 0 fully saturated rings. The first-order valence-electron chi connectivity index (χ1n) is 4.75. The van der Waals surface area contributed by atoms with Crippen LogP contribution in [0.3, 0.4) is 0 Å². The van der Waals surface area contributed by atoms with Crippen LogP contribution in [0.5, 0.6) is 0 Å². The number of nitrogens with one attached hydrogen (secondary N) is 1. The lowest BCUT2D eigenvalue weighted by atomic mass is 10.1. The van der Waals surface area contributed by atoms with Gasteiger partial charge in [0.15, 0.2) is 0 Å². The normalized spacial score (nSPS) is 10.4. The molecule has 0 saturated carbocycles. The molecule has 0 spiro atoms. The van der Waals surface area contributed by atoms with Gasteiger partial charge in [-0.15, -0.1) is 0 Å². The van der Waals surface area contributed by atoms with Crippen LogP contribution in [0.4, 0.5) is 5.00 Å². The van der Waals surface area contributed by atoms with Crippen LogP contribution in [0, 0.1) is 6.92 Å². The second-order valence-corrected chi connectivity index (χ2v) is 5.87. The maximum atomic E-state index is 11.2. The molecule has 0 radical (unpaired) electrons. The van der Waals surface area contributed by atoms with Crippen LogP contribution in [0.2, 0.25) is 5.02 Å². The fourth-order valence-electron chi connectivity index (χ4n) is 1.34. The number of hydrogen-bond acceptors (Lipinski definition) is 4. The molecule has 2 rings (SSSR count). The van der Waals surface area contributed by atoms with Crippen LogP contribution in [0.15, 0.2) is 29.1 Å². The van der Waals surface area contributed by atoms with Gasteiger partial charge in [-0.2, -0.15) is 0 Å². The lowest BCUT2D eigenvalue weighted by molar-refractivity contribution is 1.13. The molecule has 0 atom stereocenters. The highest BCUT2D eigenvalue weighted by atomic mass is 35.5. The molecule has 2 aromatic rings. The molecule has 0 aliphatic heterocycles. The Hall–Kier alpha value is -0.840. The Morgan fingerprint density at radius 2 is 2.06 bits per heavy atom. The Kier molecular flexibility index (Phi) is 3.63. The van der Waals surface area contributed by atoms with Gasteiger partial charge in [0.1, 0.15) is 10.0 Å². The number of anilines is 1. The fraction of sp³-hybridized carbons (Fsp3) is 0.182. The van der Waals surface area contributed by atoms with Crippen molar-refractivity contribution in [3.8, 4) is 0 Å². The van der Waals surface area contributed by atoms with Crippen molar-refractivity contribution in [2.45, 2.75) is 13.5 Å². The second kappa shape index (κ2) is 4.99. The molecule has 0 aliphatic carbocycles. The summed E-state index contributed by atoms with van der Waals surface area (Å²) in [5, 5.41) is 4.26. The largest absolute Gasteiger partial charge is 0.371 e. The quantitative estimate of drug-likeness (QED) is 0.862. The molecule has 0 aliphatic rings. The van der Waals surface area contributed by atoms with Crippen LogP contribution >= 0.6 is 32.3 Å². The van der Waals surface area contributed by atoms with Crippen molar-refractivity contribution in [1.82, 2.24) is 0 Å². The Balaban J connectivity index is 2.11. The summed E-state index contributed by atoms with van der Waals surface area (Å²) in [6, 6.07) is 8.14. The summed E-state index contributed by atoms with van der Waals surface area (Å²) in [5.41, 5.74) is 2.44. The van der Waals surface area contributed by atoms with Gasteiger partial charge in [-0.05, 0) is 28.4 Å². The van der Waals surface area contributed by atoms with Gasteiger partial charge in [-0.3, -0.25) is 4.79 Å². The van der Waals surface area contributed by atoms with Gasteiger partial charge < -0.3 is 5.32 Å². The van der Waals surface area contributed by atoms with Gasteiger partial charge in [0.05, 0.1) is 0 Å². The van der Waals surface area contributed by atoms with Crippen LogP contribution in [0.25, 0.3) is 0 Å². The smallest absolute Gasteiger partial charge is 0.263 e. The summed E-state index contributed by atoms with van der Waals surface area (Å²) in [4.78, 5) is 11.2. The van der Waals surface area contributed by atoms with E-state index in [1.54, 1.807) is 0 Å². The van der Waals surface area contributed by atoms with Crippen molar-refractivity contribution >= 4 is 37.3 Å². The van der Waals surface area contributed by atoms with Gasteiger partial charge in [-0.1, -0.05) is 46.2 Å². The summed E-state index contributed by atoms with van der Waals surface area (Å²) >= 11 is 5.86. The third-order valence-corrected chi connectivity index (χ3v) is 5.02. The summed E-state index contributed by atoms with van der Waals surface area (Å²) in [6.45, 7) is 2.76. The molecular formula is C11H10ClNOS2. The van der Waals surface area contributed by atoms with Crippen molar-refractivity contribution in [3.05, 3.63) is 50.0 Å². The summed E-state index contributed by atoms with van der Waals surface area (Å²) in [7, 11) is 2.55. The van der Waals surface area contributed by atoms with Crippen molar-refractivity contribution in [1.29, 1.82) is 0 Å². The Bertz CT molecular complexity index is 547. The van der Waals surface area contributed by atoms with Crippen molar-refractivity contribution < 1.29 is 0 Å². The SMILES string of the molecule is Cc1ccccc1CNc1ssc(=O)c1Cl. The van der Waals surface area contributed by atoms with Gasteiger partial charge in [0.2, 0.25) is 0 Å². The van der Waals surface area contributed by atoms with Gasteiger partial charge >= 0.3 is 0 Å². The van der Waals surface area contributed by atoms with Crippen molar-refractivity contribution in [2.24, 2.45) is 0 Å². The van der Waals surface area contributed by atoms with E-state index < -0.39 is 0 Å². The Labute approximate surface area is 106 Å². The highest BCUT2D eigenvalue weighted by Crippen LogP contribution is 2.27. The van der Waals surface area contributed by atoms with Gasteiger partial charge in [0, 0.05) is 6.54 Å². The van der Waals surface area contributed by atoms with E-state index in [9.17, 15) is 4.79 Å².